The molecular weight excluding hydrogens is 396 g/mol. The van der Waals surface area contributed by atoms with Crippen molar-refractivity contribution < 1.29 is 9.84 Å². The number of aromatic hydroxyl groups is 1. The van der Waals surface area contributed by atoms with E-state index in [2.05, 4.69) is 59.6 Å². The van der Waals surface area contributed by atoms with Gasteiger partial charge in [-0.1, -0.05) is 36.7 Å². The van der Waals surface area contributed by atoms with Crippen molar-refractivity contribution in [3.8, 4) is 11.5 Å². The van der Waals surface area contributed by atoms with Gasteiger partial charge in [0.1, 0.15) is 17.1 Å². The molecule has 1 fully saturated rings. The number of phenolic OH excluding ortho intramolecular Hbond substituents is 1. The van der Waals surface area contributed by atoms with Gasteiger partial charge in [-0.2, -0.15) is 0 Å². The van der Waals surface area contributed by atoms with Crippen molar-refractivity contribution in [1.29, 1.82) is 0 Å². The van der Waals surface area contributed by atoms with Crippen molar-refractivity contribution >= 4 is 31.9 Å². The Morgan fingerprint density at radius 2 is 1.90 bits per heavy atom. The topological polar surface area (TPSA) is 29.5 Å². The van der Waals surface area contributed by atoms with Gasteiger partial charge in [-0.15, -0.1) is 0 Å². The summed E-state index contributed by atoms with van der Waals surface area (Å²) in [4.78, 5) is 0.484. The lowest BCUT2D eigenvalue weighted by molar-refractivity contribution is -0.147. The molecule has 2 aliphatic rings. The first-order chi connectivity index (χ1) is 9.61. The Morgan fingerprint density at radius 1 is 1.24 bits per heavy atom. The van der Waals surface area contributed by atoms with Crippen molar-refractivity contribution in [2.75, 3.05) is 0 Å². The summed E-state index contributed by atoms with van der Waals surface area (Å²) in [6, 6.07) is 3.75. The van der Waals surface area contributed by atoms with Crippen LogP contribution in [0.2, 0.25) is 0 Å². The number of fused-ring (bicyclic) bond motifs is 2. The minimum Gasteiger partial charge on any atom is -0.507 e. The molecule has 1 heterocycles. The van der Waals surface area contributed by atoms with Crippen LogP contribution in [-0.2, 0) is 6.42 Å². The summed E-state index contributed by atoms with van der Waals surface area (Å²) in [6.07, 6.45) is 3.09. The van der Waals surface area contributed by atoms with Gasteiger partial charge in [0.25, 0.3) is 0 Å². The zero-order valence-corrected chi connectivity index (χ0v) is 16.1. The molecule has 21 heavy (non-hydrogen) atoms. The van der Waals surface area contributed by atoms with E-state index in [0.29, 0.717) is 9.30 Å². The molecule has 0 amide bonds. The molecule has 1 aromatic rings. The van der Waals surface area contributed by atoms with E-state index in [-0.39, 0.29) is 22.2 Å². The van der Waals surface area contributed by atoms with Crippen molar-refractivity contribution in [2.24, 2.45) is 10.8 Å². The second-order valence-corrected chi connectivity index (χ2v) is 9.44. The Bertz CT molecular complexity index is 599. The normalized spacial score (nSPS) is 37.3. The van der Waals surface area contributed by atoms with Gasteiger partial charge in [-0.05, 0) is 65.2 Å². The minimum atomic E-state index is -0.176. The lowest BCUT2D eigenvalue weighted by Gasteiger charge is -2.62. The molecule has 3 rings (SSSR count). The van der Waals surface area contributed by atoms with E-state index < -0.39 is 0 Å². The lowest BCUT2D eigenvalue weighted by Crippen LogP contribution is -2.64. The third kappa shape index (κ3) is 2.01. The minimum absolute atomic E-state index is 0.0136. The highest BCUT2D eigenvalue weighted by molar-refractivity contribution is 9.10. The number of phenols is 1. The van der Waals surface area contributed by atoms with Gasteiger partial charge in [0.05, 0.1) is 4.47 Å². The molecule has 4 heteroatoms. The van der Waals surface area contributed by atoms with Gasteiger partial charge >= 0.3 is 0 Å². The van der Waals surface area contributed by atoms with Crippen LogP contribution < -0.4 is 4.74 Å². The molecule has 0 radical (unpaired) electrons. The highest BCUT2D eigenvalue weighted by atomic mass is 79.9. The Labute approximate surface area is 143 Å². The number of hydrogen-bond acceptors (Lipinski definition) is 2. The highest BCUT2D eigenvalue weighted by Crippen LogP contribution is 2.62. The zero-order valence-electron chi connectivity index (χ0n) is 13.0. The fourth-order valence-corrected chi connectivity index (χ4v) is 5.14. The van der Waals surface area contributed by atoms with Crippen molar-refractivity contribution in [2.45, 2.75) is 57.4 Å². The second-order valence-electron chi connectivity index (χ2n) is 7.48. The van der Waals surface area contributed by atoms with E-state index in [0.717, 1.165) is 30.6 Å². The SMILES string of the molecule is CC1(C)[C@@H](Br)CC[C@]2(C)Oc3cc(Br)c(O)cc3CC12C. The Balaban J connectivity index is 2.15. The maximum absolute atomic E-state index is 9.99. The monoisotopic (exact) mass is 416 g/mol. The van der Waals surface area contributed by atoms with Gasteiger partial charge in [0, 0.05) is 10.2 Å². The summed E-state index contributed by atoms with van der Waals surface area (Å²) in [7, 11) is 0. The van der Waals surface area contributed by atoms with Crippen LogP contribution in [0.25, 0.3) is 0 Å². The molecule has 1 unspecified atom stereocenters. The van der Waals surface area contributed by atoms with Gasteiger partial charge in [-0.25, -0.2) is 0 Å². The molecule has 1 aliphatic heterocycles. The molecule has 2 nitrogen and oxygen atoms in total. The van der Waals surface area contributed by atoms with Crippen LogP contribution in [0, 0.1) is 10.8 Å². The summed E-state index contributed by atoms with van der Waals surface area (Å²) in [5.74, 6) is 1.19. The number of ether oxygens (including phenoxy) is 1. The summed E-state index contributed by atoms with van der Waals surface area (Å²) >= 11 is 7.27. The molecule has 1 N–H and O–H groups in total. The van der Waals surface area contributed by atoms with E-state index in [4.69, 9.17) is 4.74 Å². The van der Waals surface area contributed by atoms with Gasteiger partial charge in [0.15, 0.2) is 0 Å². The van der Waals surface area contributed by atoms with Crippen LogP contribution in [0.15, 0.2) is 16.6 Å². The quantitative estimate of drug-likeness (QED) is 0.569. The standard InChI is InChI=1S/C17H22Br2O2/c1-15(2)14(19)5-6-17(4)16(15,3)9-10-7-12(20)11(18)8-13(10)21-17/h7-8,14,20H,5-6,9H2,1-4H3/t14-,16?,17-/m0/s1. The van der Waals surface area contributed by atoms with Crippen LogP contribution in [-0.4, -0.2) is 15.5 Å². The second kappa shape index (κ2) is 4.64. The summed E-state index contributed by atoms with van der Waals surface area (Å²) < 4.78 is 7.18. The average Bonchev–Trinajstić information content (AvgIpc) is 2.38. The van der Waals surface area contributed by atoms with Crippen LogP contribution in [0.1, 0.15) is 46.1 Å². The van der Waals surface area contributed by atoms with Crippen LogP contribution in [0.4, 0.5) is 0 Å². The first-order valence-electron chi connectivity index (χ1n) is 7.45. The molecular formula is C17H22Br2O2. The summed E-state index contributed by atoms with van der Waals surface area (Å²) in [5, 5.41) is 9.99. The maximum atomic E-state index is 9.99. The molecule has 116 valence electrons. The number of rotatable bonds is 0. The molecule has 0 saturated heterocycles. The smallest absolute Gasteiger partial charge is 0.130 e. The number of benzene rings is 1. The maximum Gasteiger partial charge on any atom is 0.130 e. The number of alkyl halides is 1. The third-order valence-corrected chi connectivity index (χ3v) is 8.49. The van der Waals surface area contributed by atoms with Gasteiger partial charge < -0.3 is 9.84 Å². The predicted octanol–water partition coefficient (Wildman–Crippen LogP) is 5.44. The van der Waals surface area contributed by atoms with Crippen LogP contribution in [0.3, 0.4) is 0 Å². The molecule has 0 bridgehead atoms. The summed E-state index contributed by atoms with van der Waals surface area (Å²) in [5.41, 5.74) is 1.05. The first-order valence-corrected chi connectivity index (χ1v) is 9.16. The molecule has 0 aromatic heterocycles. The summed E-state index contributed by atoms with van der Waals surface area (Å²) in [6.45, 7) is 9.24. The Hall–Kier alpha value is -0.220. The lowest BCUT2D eigenvalue weighted by atomic mass is 9.49. The molecule has 1 aromatic carbocycles. The largest absolute Gasteiger partial charge is 0.507 e. The van der Waals surface area contributed by atoms with E-state index in [9.17, 15) is 5.11 Å². The Morgan fingerprint density at radius 3 is 2.57 bits per heavy atom. The zero-order chi connectivity index (χ0) is 15.6. The van der Waals surface area contributed by atoms with Crippen LogP contribution in [0.5, 0.6) is 11.5 Å². The molecule has 3 atom stereocenters. The first kappa shape index (κ1) is 15.7. The molecule has 0 spiro atoms. The molecule has 1 saturated carbocycles. The predicted molar refractivity (Wildman–Crippen MR) is 92.4 cm³/mol. The number of hydrogen-bond donors (Lipinski definition) is 1. The van der Waals surface area contributed by atoms with Gasteiger partial charge in [-0.3, -0.25) is 0 Å². The molecule has 1 aliphatic carbocycles. The van der Waals surface area contributed by atoms with E-state index in [1.54, 1.807) is 0 Å². The van der Waals surface area contributed by atoms with Crippen LogP contribution >= 0.6 is 31.9 Å². The Kier molecular flexibility index (Phi) is 3.46. The van der Waals surface area contributed by atoms with E-state index >= 15 is 0 Å². The van der Waals surface area contributed by atoms with Crippen molar-refractivity contribution in [3.63, 3.8) is 0 Å². The number of halogens is 2. The fourth-order valence-electron chi connectivity index (χ4n) is 4.09. The highest BCUT2D eigenvalue weighted by Gasteiger charge is 2.62. The van der Waals surface area contributed by atoms with E-state index in [1.165, 1.54) is 0 Å². The van der Waals surface area contributed by atoms with Crippen molar-refractivity contribution in [1.82, 2.24) is 0 Å². The third-order valence-electron chi connectivity index (χ3n) is 6.26. The fraction of sp³-hybridized carbons (Fsp3) is 0.647. The van der Waals surface area contributed by atoms with E-state index in [1.807, 2.05) is 12.1 Å². The van der Waals surface area contributed by atoms with Gasteiger partial charge in [0.2, 0.25) is 0 Å². The van der Waals surface area contributed by atoms with Crippen molar-refractivity contribution in [3.05, 3.63) is 22.2 Å². The average molecular weight is 418 g/mol.